The minimum atomic E-state index is -4.26. The fraction of sp³-hybridized carbons (Fsp3) is 0. The number of nitrogens with one attached hydrogen (secondary N) is 1. The minimum absolute atomic E-state index is 0.00357. The molecule has 0 fully saturated rings. The number of hydrogen-bond acceptors (Lipinski definition) is 2. The van der Waals surface area contributed by atoms with E-state index in [0.717, 1.165) is 5.69 Å². The highest BCUT2D eigenvalue weighted by molar-refractivity contribution is 7.60. The van der Waals surface area contributed by atoms with Gasteiger partial charge >= 0.3 is 7.60 Å². The van der Waals surface area contributed by atoms with Crippen molar-refractivity contribution >= 4 is 24.3 Å². The van der Waals surface area contributed by atoms with Gasteiger partial charge in [0.25, 0.3) is 0 Å². The molecule has 2 aromatic carbocycles. The first kappa shape index (κ1) is 11.9. The summed E-state index contributed by atoms with van der Waals surface area (Å²) in [7, 11) is -4.26. The Labute approximate surface area is 99.1 Å². The highest BCUT2D eigenvalue weighted by Gasteiger charge is 2.20. The van der Waals surface area contributed by atoms with Crippen molar-refractivity contribution in [2.75, 3.05) is 5.32 Å². The zero-order valence-electron chi connectivity index (χ0n) is 8.95. The zero-order valence-corrected chi connectivity index (χ0v) is 9.84. The van der Waals surface area contributed by atoms with E-state index in [1.807, 2.05) is 30.3 Å². The fourth-order valence-electron chi connectivity index (χ4n) is 1.51. The summed E-state index contributed by atoms with van der Waals surface area (Å²) < 4.78 is 11.3. The molecule has 0 saturated heterocycles. The van der Waals surface area contributed by atoms with Crippen molar-refractivity contribution in [1.82, 2.24) is 0 Å². The number of rotatable bonds is 3. The molecular formula is C12H12NO3P. The summed E-state index contributed by atoms with van der Waals surface area (Å²) in [4.78, 5) is 18.4. The molecule has 0 radical (unpaired) electrons. The maximum absolute atomic E-state index is 11.3. The van der Waals surface area contributed by atoms with E-state index in [2.05, 4.69) is 5.32 Å². The van der Waals surface area contributed by atoms with Crippen molar-refractivity contribution in [3.05, 3.63) is 54.6 Å². The third-order valence-corrected chi connectivity index (χ3v) is 3.29. The van der Waals surface area contributed by atoms with E-state index in [1.54, 1.807) is 18.2 Å². The second-order valence-electron chi connectivity index (χ2n) is 3.55. The van der Waals surface area contributed by atoms with Gasteiger partial charge in [-0.1, -0.05) is 30.3 Å². The first-order valence-electron chi connectivity index (χ1n) is 5.04. The third-order valence-electron chi connectivity index (χ3n) is 2.27. The maximum Gasteiger partial charge on any atom is 0.358 e. The van der Waals surface area contributed by atoms with Gasteiger partial charge in [-0.25, -0.2) is 0 Å². The summed E-state index contributed by atoms with van der Waals surface area (Å²) in [6, 6.07) is 15.6. The van der Waals surface area contributed by atoms with Gasteiger partial charge in [-0.05, 0) is 24.3 Å². The van der Waals surface area contributed by atoms with Crippen LogP contribution in [-0.4, -0.2) is 9.79 Å². The van der Waals surface area contributed by atoms with Crippen LogP contribution in [0.2, 0.25) is 0 Å². The molecule has 17 heavy (non-hydrogen) atoms. The van der Waals surface area contributed by atoms with Crippen LogP contribution in [-0.2, 0) is 4.57 Å². The van der Waals surface area contributed by atoms with Crippen LogP contribution in [0.15, 0.2) is 54.6 Å². The number of para-hydroxylation sites is 2. The third kappa shape index (κ3) is 2.94. The Morgan fingerprint density at radius 3 is 2.12 bits per heavy atom. The SMILES string of the molecule is O=P(O)(O)c1ccccc1Nc1ccccc1. The predicted octanol–water partition coefficient (Wildman–Crippen LogP) is 2.23. The summed E-state index contributed by atoms with van der Waals surface area (Å²) in [5, 5.41) is 2.99. The van der Waals surface area contributed by atoms with Gasteiger partial charge in [0.05, 0.1) is 11.0 Å². The van der Waals surface area contributed by atoms with E-state index in [9.17, 15) is 14.4 Å². The molecule has 0 aliphatic rings. The van der Waals surface area contributed by atoms with E-state index in [1.165, 1.54) is 6.07 Å². The average Bonchev–Trinajstić information content (AvgIpc) is 2.30. The van der Waals surface area contributed by atoms with Crippen molar-refractivity contribution in [2.45, 2.75) is 0 Å². The number of anilines is 2. The van der Waals surface area contributed by atoms with Gasteiger partial charge in [-0.3, -0.25) is 4.57 Å². The van der Waals surface area contributed by atoms with E-state index in [0.29, 0.717) is 5.69 Å². The average molecular weight is 249 g/mol. The largest absolute Gasteiger partial charge is 0.358 e. The molecule has 4 nitrogen and oxygen atoms in total. The van der Waals surface area contributed by atoms with Gasteiger partial charge in [0.15, 0.2) is 0 Å². The summed E-state index contributed by atoms with van der Waals surface area (Å²) >= 11 is 0. The van der Waals surface area contributed by atoms with Gasteiger partial charge in [-0.15, -0.1) is 0 Å². The molecule has 0 aliphatic carbocycles. The van der Waals surface area contributed by atoms with Crippen molar-refractivity contribution < 1.29 is 14.4 Å². The lowest BCUT2D eigenvalue weighted by Gasteiger charge is -2.12. The molecule has 0 saturated carbocycles. The monoisotopic (exact) mass is 249 g/mol. The number of hydrogen-bond donors (Lipinski definition) is 3. The van der Waals surface area contributed by atoms with Crippen LogP contribution in [0.1, 0.15) is 0 Å². The van der Waals surface area contributed by atoms with Crippen molar-refractivity contribution in [2.24, 2.45) is 0 Å². The summed E-state index contributed by atoms with van der Waals surface area (Å²) in [5.41, 5.74) is 1.21. The van der Waals surface area contributed by atoms with Gasteiger partial charge in [0, 0.05) is 5.69 Å². The van der Waals surface area contributed by atoms with Crippen LogP contribution in [0.5, 0.6) is 0 Å². The quantitative estimate of drug-likeness (QED) is 0.729. The fourth-order valence-corrected chi connectivity index (χ4v) is 2.23. The molecular weight excluding hydrogens is 237 g/mol. The lowest BCUT2D eigenvalue weighted by Crippen LogP contribution is -2.09. The Balaban J connectivity index is 2.37. The molecule has 0 atom stereocenters. The smallest absolute Gasteiger partial charge is 0.355 e. The van der Waals surface area contributed by atoms with Crippen LogP contribution in [0.3, 0.4) is 0 Å². The lowest BCUT2D eigenvalue weighted by atomic mass is 10.3. The first-order valence-corrected chi connectivity index (χ1v) is 6.66. The molecule has 2 rings (SSSR count). The van der Waals surface area contributed by atoms with Crippen molar-refractivity contribution in [3.63, 3.8) is 0 Å². The van der Waals surface area contributed by atoms with E-state index >= 15 is 0 Å². The molecule has 0 bridgehead atoms. The summed E-state index contributed by atoms with van der Waals surface area (Å²) in [6.07, 6.45) is 0. The molecule has 3 N–H and O–H groups in total. The first-order chi connectivity index (χ1) is 8.07. The van der Waals surface area contributed by atoms with Crippen LogP contribution in [0.25, 0.3) is 0 Å². The molecule has 5 heteroatoms. The Morgan fingerprint density at radius 1 is 0.882 bits per heavy atom. The highest BCUT2D eigenvalue weighted by atomic mass is 31.2. The molecule has 0 heterocycles. The van der Waals surface area contributed by atoms with Crippen molar-refractivity contribution in [3.8, 4) is 0 Å². The van der Waals surface area contributed by atoms with Crippen LogP contribution < -0.4 is 10.6 Å². The molecule has 0 aromatic heterocycles. The topological polar surface area (TPSA) is 69.6 Å². The predicted molar refractivity (Wildman–Crippen MR) is 67.8 cm³/mol. The molecule has 0 amide bonds. The van der Waals surface area contributed by atoms with Crippen LogP contribution in [0.4, 0.5) is 11.4 Å². The maximum atomic E-state index is 11.3. The van der Waals surface area contributed by atoms with Gasteiger partial charge in [-0.2, -0.15) is 0 Å². The molecule has 2 aromatic rings. The normalized spacial score (nSPS) is 11.2. The number of benzene rings is 2. The van der Waals surface area contributed by atoms with Crippen LogP contribution >= 0.6 is 7.60 Å². The van der Waals surface area contributed by atoms with Crippen LogP contribution in [0, 0.1) is 0 Å². The second kappa shape index (κ2) is 4.72. The Bertz CT molecular complexity index is 551. The van der Waals surface area contributed by atoms with Crippen molar-refractivity contribution in [1.29, 1.82) is 0 Å². The zero-order chi connectivity index (χ0) is 12.3. The standard InChI is InChI=1S/C12H12NO3P/c14-17(15,16)12-9-5-4-8-11(12)13-10-6-2-1-3-7-10/h1-9,13H,(H2,14,15,16). The Kier molecular flexibility index (Phi) is 3.29. The van der Waals surface area contributed by atoms with E-state index < -0.39 is 7.60 Å². The molecule has 0 unspecified atom stereocenters. The lowest BCUT2D eigenvalue weighted by molar-refractivity contribution is 0.387. The highest BCUT2D eigenvalue weighted by Crippen LogP contribution is 2.36. The van der Waals surface area contributed by atoms with E-state index in [-0.39, 0.29) is 5.30 Å². The second-order valence-corrected chi connectivity index (χ2v) is 5.12. The van der Waals surface area contributed by atoms with Gasteiger partial charge in [0.2, 0.25) is 0 Å². The summed E-state index contributed by atoms with van der Waals surface area (Å²) in [5.74, 6) is 0. The molecule has 0 spiro atoms. The molecule has 0 aliphatic heterocycles. The Morgan fingerprint density at radius 2 is 1.47 bits per heavy atom. The molecule has 88 valence electrons. The van der Waals surface area contributed by atoms with E-state index in [4.69, 9.17) is 0 Å². The summed E-state index contributed by atoms with van der Waals surface area (Å²) in [6.45, 7) is 0. The van der Waals surface area contributed by atoms with Gasteiger partial charge in [0.1, 0.15) is 0 Å². The Hall–Kier alpha value is -1.61. The minimum Gasteiger partial charge on any atom is -0.355 e. The van der Waals surface area contributed by atoms with Gasteiger partial charge < -0.3 is 15.1 Å².